The summed E-state index contributed by atoms with van der Waals surface area (Å²) in [4.78, 5) is 36.0. The van der Waals surface area contributed by atoms with Crippen LogP contribution in [0.3, 0.4) is 0 Å². The monoisotopic (exact) mass is 436 g/mol. The SMILES string of the molecule is CCn1ccc(C(=O)N2CCC(c3ncc(C(=O)Nc4ccc(F)cc4)c(C)n3)CC2)n1. The van der Waals surface area contributed by atoms with Gasteiger partial charge < -0.3 is 10.2 Å². The summed E-state index contributed by atoms with van der Waals surface area (Å²) < 4.78 is 14.8. The lowest BCUT2D eigenvalue weighted by molar-refractivity contribution is 0.0703. The Morgan fingerprint density at radius 1 is 1.16 bits per heavy atom. The van der Waals surface area contributed by atoms with E-state index in [0.29, 0.717) is 41.6 Å². The van der Waals surface area contributed by atoms with Crippen molar-refractivity contribution in [1.82, 2.24) is 24.6 Å². The number of carbonyl (C=O) groups is 2. The quantitative estimate of drug-likeness (QED) is 0.662. The summed E-state index contributed by atoms with van der Waals surface area (Å²) in [5, 5.41) is 7.02. The first-order valence-corrected chi connectivity index (χ1v) is 10.7. The van der Waals surface area contributed by atoms with Crippen LogP contribution < -0.4 is 5.32 Å². The normalized spacial score (nSPS) is 14.4. The average molecular weight is 436 g/mol. The number of amides is 2. The number of halogens is 1. The summed E-state index contributed by atoms with van der Waals surface area (Å²) >= 11 is 0. The van der Waals surface area contributed by atoms with Crippen molar-refractivity contribution >= 4 is 17.5 Å². The van der Waals surface area contributed by atoms with Gasteiger partial charge in [0.15, 0.2) is 0 Å². The molecular formula is C23H25FN6O2. The molecule has 0 aliphatic carbocycles. The van der Waals surface area contributed by atoms with Gasteiger partial charge in [-0.25, -0.2) is 14.4 Å². The molecule has 1 saturated heterocycles. The van der Waals surface area contributed by atoms with E-state index >= 15 is 0 Å². The molecule has 2 aromatic heterocycles. The molecule has 1 N–H and O–H groups in total. The molecule has 1 aliphatic heterocycles. The highest BCUT2D eigenvalue weighted by molar-refractivity contribution is 6.04. The Bertz CT molecular complexity index is 1120. The number of likely N-dealkylation sites (tertiary alicyclic amines) is 1. The molecule has 0 unspecified atom stereocenters. The molecule has 0 saturated carbocycles. The second-order valence-corrected chi connectivity index (χ2v) is 7.81. The zero-order valence-corrected chi connectivity index (χ0v) is 18.1. The summed E-state index contributed by atoms with van der Waals surface area (Å²) in [5.41, 5.74) is 1.92. The molecule has 0 spiro atoms. The number of hydrogen-bond acceptors (Lipinski definition) is 5. The number of nitrogens with zero attached hydrogens (tertiary/aromatic N) is 5. The van der Waals surface area contributed by atoms with E-state index in [9.17, 15) is 14.0 Å². The van der Waals surface area contributed by atoms with Crippen molar-refractivity contribution < 1.29 is 14.0 Å². The highest BCUT2D eigenvalue weighted by Crippen LogP contribution is 2.27. The minimum atomic E-state index is -0.366. The third-order valence-corrected chi connectivity index (χ3v) is 5.68. The summed E-state index contributed by atoms with van der Waals surface area (Å²) in [6.45, 7) is 5.69. The predicted octanol–water partition coefficient (Wildman–Crippen LogP) is 3.41. The van der Waals surface area contributed by atoms with Crippen molar-refractivity contribution in [2.45, 2.75) is 39.2 Å². The molecule has 1 aliphatic rings. The van der Waals surface area contributed by atoms with Crippen LogP contribution in [0.15, 0.2) is 42.7 Å². The Hall–Kier alpha value is -3.62. The van der Waals surface area contributed by atoms with Gasteiger partial charge in [-0.1, -0.05) is 0 Å². The molecular weight excluding hydrogens is 411 g/mol. The van der Waals surface area contributed by atoms with Crippen LogP contribution >= 0.6 is 0 Å². The Kier molecular flexibility index (Phi) is 6.25. The number of hydrogen-bond donors (Lipinski definition) is 1. The Morgan fingerprint density at radius 3 is 2.50 bits per heavy atom. The number of anilines is 1. The van der Waals surface area contributed by atoms with Gasteiger partial charge in [-0.3, -0.25) is 14.3 Å². The third kappa shape index (κ3) is 4.66. The van der Waals surface area contributed by atoms with Gasteiger partial charge in [0.25, 0.3) is 11.8 Å². The lowest BCUT2D eigenvalue weighted by Gasteiger charge is -2.31. The van der Waals surface area contributed by atoms with Gasteiger partial charge in [-0.15, -0.1) is 0 Å². The van der Waals surface area contributed by atoms with Crippen LogP contribution in [-0.4, -0.2) is 49.6 Å². The fraction of sp³-hybridized carbons (Fsp3) is 0.348. The third-order valence-electron chi connectivity index (χ3n) is 5.68. The maximum atomic E-state index is 13.0. The first-order chi connectivity index (χ1) is 15.4. The summed E-state index contributed by atoms with van der Waals surface area (Å²) in [7, 11) is 0. The van der Waals surface area contributed by atoms with Crippen molar-refractivity contribution in [3.8, 4) is 0 Å². The predicted molar refractivity (Wildman–Crippen MR) is 117 cm³/mol. The smallest absolute Gasteiger partial charge is 0.274 e. The molecule has 4 rings (SSSR count). The van der Waals surface area contributed by atoms with Crippen LogP contribution in [0.2, 0.25) is 0 Å². The van der Waals surface area contributed by atoms with Gasteiger partial charge in [-0.2, -0.15) is 5.10 Å². The largest absolute Gasteiger partial charge is 0.337 e. The van der Waals surface area contributed by atoms with E-state index in [0.717, 1.165) is 19.4 Å². The number of piperidine rings is 1. The van der Waals surface area contributed by atoms with E-state index in [4.69, 9.17) is 0 Å². The molecule has 166 valence electrons. The lowest BCUT2D eigenvalue weighted by atomic mass is 9.95. The van der Waals surface area contributed by atoms with Gasteiger partial charge in [0.1, 0.15) is 17.3 Å². The van der Waals surface area contributed by atoms with Crippen molar-refractivity contribution in [3.63, 3.8) is 0 Å². The molecule has 0 radical (unpaired) electrons. The molecule has 3 heterocycles. The van der Waals surface area contributed by atoms with E-state index in [1.54, 1.807) is 17.7 Å². The van der Waals surface area contributed by atoms with Crippen LogP contribution in [0.25, 0.3) is 0 Å². The second-order valence-electron chi connectivity index (χ2n) is 7.81. The van der Waals surface area contributed by atoms with E-state index in [1.807, 2.05) is 18.0 Å². The first kappa shape index (κ1) is 21.6. The zero-order chi connectivity index (χ0) is 22.7. The summed E-state index contributed by atoms with van der Waals surface area (Å²) in [5.74, 6) is 0.0479. The Balaban J connectivity index is 1.37. The Labute approximate surface area is 185 Å². The van der Waals surface area contributed by atoms with Crippen molar-refractivity contribution in [1.29, 1.82) is 0 Å². The second kappa shape index (κ2) is 9.25. The maximum absolute atomic E-state index is 13.0. The molecule has 1 aromatic carbocycles. The number of rotatable bonds is 5. The van der Waals surface area contributed by atoms with Crippen molar-refractivity contribution in [2.75, 3.05) is 18.4 Å². The van der Waals surface area contributed by atoms with Crippen LogP contribution in [0, 0.1) is 12.7 Å². The highest BCUT2D eigenvalue weighted by atomic mass is 19.1. The number of aromatic nitrogens is 4. The molecule has 3 aromatic rings. The lowest BCUT2D eigenvalue weighted by Crippen LogP contribution is -2.38. The van der Waals surface area contributed by atoms with E-state index in [1.165, 1.54) is 30.5 Å². The number of aryl methyl sites for hydroxylation is 2. The standard InChI is InChI=1S/C23H25FN6O2/c1-3-30-13-10-20(28-30)23(32)29-11-8-16(9-12-29)21-25-14-19(15(2)26-21)22(31)27-18-6-4-17(24)5-7-18/h4-7,10,13-14,16H,3,8-9,11-12H2,1-2H3,(H,27,31). The molecule has 0 atom stereocenters. The fourth-order valence-corrected chi connectivity index (χ4v) is 3.79. The van der Waals surface area contributed by atoms with E-state index in [2.05, 4.69) is 20.4 Å². The summed E-state index contributed by atoms with van der Waals surface area (Å²) in [6, 6.07) is 7.32. The van der Waals surface area contributed by atoms with Gasteiger partial charge in [0, 0.05) is 43.6 Å². The number of benzene rings is 1. The highest BCUT2D eigenvalue weighted by Gasteiger charge is 2.27. The van der Waals surface area contributed by atoms with Crippen LogP contribution in [-0.2, 0) is 6.54 Å². The van der Waals surface area contributed by atoms with Crippen LogP contribution in [0.1, 0.15) is 58.0 Å². The summed E-state index contributed by atoms with van der Waals surface area (Å²) in [6.07, 6.45) is 4.84. The van der Waals surface area contributed by atoms with Crippen LogP contribution in [0.5, 0.6) is 0 Å². The average Bonchev–Trinajstić information content (AvgIpc) is 3.29. The maximum Gasteiger partial charge on any atom is 0.274 e. The zero-order valence-electron chi connectivity index (χ0n) is 18.1. The fourth-order valence-electron chi connectivity index (χ4n) is 3.79. The molecule has 1 fully saturated rings. The van der Waals surface area contributed by atoms with Gasteiger partial charge in [-0.05, 0) is 57.0 Å². The van der Waals surface area contributed by atoms with Crippen LogP contribution in [0.4, 0.5) is 10.1 Å². The number of carbonyl (C=O) groups excluding carboxylic acids is 2. The molecule has 8 nitrogen and oxygen atoms in total. The molecule has 32 heavy (non-hydrogen) atoms. The number of nitrogens with one attached hydrogen (secondary N) is 1. The molecule has 2 amide bonds. The topological polar surface area (TPSA) is 93.0 Å². The molecule has 9 heteroatoms. The van der Waals surface area contributed by atoms with E-state index in [-0.39, 0.29) is 23.5 Å². The van der Waals surface area contributed by atoms with Gasteiger partial charge in [0.2, 0.25) is 0 Å². The van der Waals surface area contributed by atoms with Gasteiger partial charge >= 0.3 is 0 Å². The van der Waals surface area contributed by atoms with E-state index < -0.39 is 0 Å². The van der Waals surface area contributed by atoms with Crippen molar-refractivity contribution in [2.24, 2.45) is 0 Å². The van der Waals surface area contributed by atoms with Crippen molar-refractivity contribution in [3.05, 3.63) is 71.3 Å². The Morgan fingerprint density at radius 2 is 1.88 bits per heavy atom. The minimum Gasteiger partial charge on any atom is -0.337 e. The molecule has 0 bridgehead atoms. The minimum absolute atomic E-state index is 0.0550. The van der Waals surface area contributed by atoms with Gasteiger partial charge in [0.05, 0.1) is 11.3 Å². The first-order valence-electron chi connectivity index (χ1n) is 10.7.